The number of benzene rings is 1. The Bertz CT molecular complexity index is 455. The third kappa shape index (κ3) is 1.81. The van der Waals surface area contributed by atoms with E-state index in [1.54, 1.807) is 11.1 Å². The lowest BCUT2D eigenvalue weighted by molar-refractivity contribution is 0.0599. The lowest BCUT2D eigenvalue weighted by Crippen LogP contribution is -2.39. The third-order valence-corrected chi connectivity index (χ3v) is 5.94. The smallest absolute Gasteiger partial charge is 0.0128 e. The first-order valence-electron chi connectivity index (χ1n) is 7.58. The van der Waals surface area contributed by atoms with E-state index >= 15 is 0 Å². The van der Waals surface area contributed by atoms with E-state index in [0.717, 1.165) is 17.8 Å². The van der Waals surface area contributed by atoms with Crippen LogP contribution in [-0.4, -0.2) is 0 Å². The van der Waals surface area contributed by atoms with E-state index < -0.39 is 0 Å². The predicted octanol–water partition coefficient (Wildman–Crippen LogP) is 5.10. The van der Waals surface area contributed by atoms with Gasteiger partial charge in [-0.05, 0) is 66.9 Å². The van der Waals surface area contributed by atoms with Gasteiger partial charge >= 0.3 is 0 Å². The van der Waals surface area contributed by atoms with Gasteiger partial charge in [-0.25, -0.2) is 0 Å². The zero-order valence-electron chi connectivity index (χ0n) is 12.3. The Balaban J connectivity index is 1.97. The topological polar surface area (TPSA) is 0 Å². The van der Waals surface area contributed by atoms with Crippen molar-refractivity contribution in [1.82, 2.24) is 0 Å². The second kappa shape index (κ2) is 4.11. The number of hydrogen-bond donors (Lipinski definition) is 0. The molecule has 0 aromatic heterocycles. The van der Waals surface area contributed by atoms with Gasteiger partial charge in [0.2, 0.25) is 0 Å². The average molecular weight is 242 g/mol. The highest BCUT2D eigenvalue weighted by Crippen LogP contribution is 2.54. The first-order valence-corrected chi connectivity index (χ1v) is 7.58. The van der Waals surface area contributed by atoms with Gasteiger partial charge in [0.15, 0.2) is 0 Å². The van der Waals surface area contributed by atoms with Crippen LogP contribution in [0.3, 0.4) is 0 Å². The molecule has 3 unspecified atom stereocenters. The van der Waals surface area contributed by atoms with Crippen LogP contribution < -0.4 is 0 Å². The van der Waals surface area contributed by atoms with Crippen LogP contribution in [0.1, 0.15) is 62.6 Å². The summed E-state index contributed by atoms with van der Waals surface area (Å²) in [7, 11) is 0. The molecule has 0 aliphatic heterocycles. The summed E-state index contributed by atoms with van der Waals surface area (Å²) in [6.45, 7) is 9.66. The molecular formula is C18H26. The monoisotopic (exact) mass is 242 g/mol. The van der Waals surface area contributed by atoms with Crippen molar-refractivity contribution in [3.05, 3.63) is 34.9 Å². The normalized spacial score (nSPS) is 33.7. The van der Waals surface area contributed by atoms with E-state index in [2.05, 4.69) is 45.9 Å². The summed E-state index contributed by atoms with van der Waals surface area (Å²) in [5, 5.41) is 0. The van der Waals surface area contributed by atoms with Gasteiger partial charge in [0.05, 0.1) is 0 Å². The maximum atomic E-state index is 2.50. The van der Waals surface area contributed by atoms with Crippen molar-refractivity contribution in [3.8, 4) is 0 Å². The molecule has 0 amide bonds. The van der Waals surface area contributed by atoms with E-state index in [4.69, 9.17) is 0 Å². The molecule has 0 radical (unpaired) electrons. The van der Waals surface area contributed by atoms with Gasteiger partial charge in [-0.3, -0.25) is 0 Å². The molecule has 2 aliphatic carbocycles. The summed E-state index contributed by atoms with van der Waals surface area (Å²) in [6, 6.07) is 7.16. The number of fused-ring (bicyclic) bond motifs is 3. The fourth-order valence-corrected chi connectivity index (χ4v) is 4.37. The van der Waals surface area contributed by atoms with Crippen LogP contribution in [0.2, 0.25) is 0 Å². The van der Waals surface area contributed by atoms with Gasteiger partial charge in [0.25, 0.3) is 0 Å². The van der Waals surface area contributed by atoms with E-state index in [-0.39, 0.29) is 0 Å². The molecule has 0 bridgehead atoms. The van der Waals surface area contributed by atoms with Crippen molar-refractivity contribution in [2.45, 2.75) is 59.3 Å². The maximum absolute atomic E-state index is 2.50. The molecule has 0 nitrogen and oxygen atoms in total. The Kier molecular flexibility index (Phi) is 2.80. The number of rotatable bonds is 0. The Morgan fingerprint density at radius 2 is 1.94 bits per heavy atom. The van der Waals surface area contributed by atoms with Gasteiger partial charge in [0.1, 0.15) is 0 Å². The fraction of sp³-hybridized carbons (Fsp3) is 0.667. The summed E-state index contributed by atoms with van der Waals surface area (Å²) >= 11 is 0. The van der Waals surface area contributed by atoms with Gasteiger partial charge in [-0.15, -0.1) is 0 Å². The molecule has 3 atom stereocenters. The largest absolute Gasteiger partial charge is 0.0617 e. The summed E-state index contributed by atoms with van der Waals surface area (Å²) in [6.07, 6.45) is 5.50. The molecule has 3 rings (SSSR count). The molecule has 0 N–H and O–H groups in total. The van der Waals surface area contributed by atoms with Crippen molar-refractivity contribution in [2.75, 3.05) is 0 Å². The van der Waals surface area contributed by atoms with Crippen LogP contribution >= 0.6 is 0 Å². The highest BCUT2D eigenvalue weighted by Gasteiger charge is 2.43. The van der Waals surface area contributed by atoms with Gasteiger partial charge < -0.3 is 0 Å². The lowest BCUT2D eigenvalue weighted by Gasteiger charge is -2.49. The Hall–Kier alpha value is -0.780. The van der Waals surface area contributed by atoms with Crippen molar-refractivity contribution in [1.29, 1.82) is 0 Å². The second-order valence-corrected chi connectivity index (χ2v) is 7.33. The van der Waals surface area contributed by atoms with Crippen LogP contribution in [0, 0.1) is 24.2 Å². The van der Waals surface area contributed by atoms with E-state index in [1.165, 1.54) is 31.2 Å². The highest BCUT2D eigenvalue weighted by molar-refractivity contribution is 5.37. The quantitative estimate of drug-likeness (QED) is 0.594. The lowest BCUT2D eigenvalue weighted by atomic mass is 9.56. The zero-order valence-corrected chi connectivity index (χ0v) is 12.3. The molecule has 1 aromatic carbocycles. The molecule has 18 heavy (non-hydrogen) atoms. The molecular weight excluding hydrogens is 216 g/mol. The Labute approximate surface area is 112 Å². The fourth-order valence-electron chi connectivity index (χ4n) is 4.37. The number of aryl methyl sites for hydroxylation is 2. The van der Waals surface area contributed by atoms with Gasteiger partial charge in [-0.1, -0.05) is 44.5 Å². The molecule has 2 aliphatic rings. The Morgan fingerprint density at radius 1 is 1.17 bits per heavy atom. The molecule has 0 spiro atoms. The SMILES string of the molecule is Cc1ccc2c(c1)CCC1C2CCC(C)(C)C1C. The van der Waals surface area contributed by atoms with Crippen LogP contribution in [0.25, 0.3) is 0 Å². The van der Waals surface area contributed by atoms with Crippen LogP contribution in [0.5, 0.6) is 0 Å². The van der Waals surface area contributed by atoms with E-state index in [1.807, 2.05) is 0 Å². The molecule has 1 fully saturated rings. The minimum absolute atomic E-state index is 0.545. The predicted molar refractivity (Wildman–Crippen MR) is 77.9 cm³/mol. The molecule has 0 saturated heterocycles. The van der Waals surface area contributed by atoms with Gasteiger partial charge in [0, 0.05) is 0 Å². The average Bonchev–Trinajstić information content (AvgIpc) is 2.33. The van der Waals surface area contributed by atoms with Crippen LogP contribution in [0.4, 0.5) is 0 Å². The van der Waals surface area contributed by atoms with Crippen molar-refractivity contribution in [3.63, 3.8) is 0 Å². The summed E-state index contributed by atoms with van der Waals surface area (Å²) in [5.74, 6) is 2.63. The molecule has 98 valence electrons. The van der Waals surface area contributed by atoms with Crippen LogP contribution in [0.15, 0.2) is 18.2 Å². The minimum atomic E-state index is 0.545. The van der Waals surface area contributed by atoms with E-state index in [0.29, 0.717) is 5.41 Å². The van der Waals surface area contributed by atoms with Crippen molar-refractivity contribution >= 4 is 0 Å². The minimum Gasteiger partial charge on any atom is -0.0617 e. The zero-order chi connectivity index (χ0) is 12.9. The molecule has 0 heterocycles. The maximum Gasteiger partial charge on any atom is -0.0128 e. The third-order valence-electron chi connectivity index (χ3n) is 5.94. The molecule has 1 aromatic rings. The van der Waals surface area contributed by atoms with Crippen molar-refractivity contribution < 1.29 is 0 Å². The van der Waals surface area contributed by atoms with Crippen LogP contribution in [-0.2, 0) is 6.42 Å². The second-order valence-electron chi connectivity index (χ2n) is 7.33. The summed E-state index contributed by atoms with van der Waals surface area (Å²) in [4.78, 5) is 0. The number of hydrogen-bond acceptors (Lipinski definition) is 0. The summed E-state index contributed by atoms with van der Waals surface area (Å²) in [5.41, 5.74) is 5.29. The highest BCUT2D eigenvalue weighted by atomic mass is 14.5. The van der Waals surface area contributed by atoms with E-state index in [9.17, 15) is 0 Å². The first-order chi connectivity index (χ1) is 8.49. The first kappa shape index (κ1) is 12.3. The molecule has 1 saturated carbocycles. The molecule has 0 heteroatoms. The standard InChI is InChI=1S/C18H26/c1-12-5-7-16-14(11-12)6-8-15-13(2)18(3,4)10-9-17(15)16/h5,7,11,13,15,17H,6,8-10H2,1-4H3. The van der Waals surface area contributed by atoms with Gasteiger partial charge in [-0.2, -0.15) is 0 Å². The summed E-state index contributed by atoms with van der Waals surface area (Å²) < 4.78 is 0. The van der Waals surface area contributed by atoms with Crippen molar-refractivity contribution in [2.24, 2.45) is 17.3 Å². The Morgan fingerprint density at radius 3 is 2.72 bits per heavy atom.